The number of aromatic amines is 1. The molecule has 2 N–H and O–H groups in total. The Balaban J connectivity index is 2.21. The quantitative estimate of drug-likeness (QED) is 0.750. The van der Waals surface area contributed by atoms with E-state index in [4.69, 9.17) is 5.11 Å². The van der Waals surface area contributed by atoms with E-state index in [9.17, 15) is 9.18 Å². The Hall–Kier alpha value is -2.69. The highest BCUT2D eigenvalue weighted by Gasteiger charge is 2.14. The van der Waals surface area contributed by atoms with Crippen LogP contribution in [0.5, 0.6) is 0 Å². The first-order valence-electron chi connectivity index (χ1n) is 6.04. The molecule has 0 atom stereocenters. The van der Waals surface area contributed by atoms with Crippen molar-refractivity contribution in [3.63, 3.8) is 0 Å². The maximum absolute atomic E-state index is 13.7. The van der Waals surface area contributed by atoms with Gasteiger partial charge in [0, 0.05) is 22.8 Å². The van der Waals surface area contributed by atoms with Gasteiger partial charge in [-0.15, -0.1) is 0 Å². The fourth-order valence-electron chi connectivity index (χ4n) is 2.31. The fourth-order valence-corrected chi connectivity index (χ4v) is 2.31. The van der Waals surface area contributed by atoms with Gasteiger partial charge in [-0.05, 0) is 25.1 Å². The van der Waals surface area contributed by atoms with Crippen LogP contribution in [0.2, 0.25) is 0 Å². The normalized spacial score (nSPS) is 10.9. The molecular formula is C15H11FN2O2. The van der Waals surface area contributed by atoms with E-state index >= 15 is 0 Å². The van der Waals surface area contributed by atoms with Crippen LogP contribution in [-0.2, 0) is 0 Å². The molecule has 0 bridgehead atoms. The number of hydrogen-bond donors (Lipinski definition) is 2. The molecule has 0 aliphatic rings. The van der Waals surface area contributed by atoms with Crippen molar-refractivity contribution >= 4 is 16.9 Å². The summed E-state index contributed by atoms with van der Waals surface area (Å²) in [4.78, 5) is 18.0. The van der Waals surface area contributed by atoms with Gasteiger partial charge in [0.15, 0.2) is 0 Å². The molecule has 2 heterocycles. The SMILES string of the molecule is Cc1[nH]c2c(F)cccc2c1-c1ccc(C(=O)O)cn1. The zero-order valence-corrected chi connectivity index (χ0v) is 10.6. The molecule has 0 unspecified atom stereocenters. The number of aryl methyl sites for hydroxylation is 1. The second kappa shape index (κ2) is 4.45. The Bertz CT molecular complexity index is 807. The number of nitrogens with one attached hydrogen (secondary N) is 1. The first-order chi connectivity index (χ1) is 9.58. The number of benzene rings is 1. The number of aromatic nitrogens is 2. The molecule has 0 aliphatic carbocycles. The summed E-state index contributed by atoms with van der Waals surface area (Å²) >= 11 is 0. The van der Waals surface area contributed by atoms with Crippen LogP contribution in [-0.4, -0.2) is 21.0 Å². The van der Waals surface area contributed by atoms with Gasteiger partial charge in [-0.3, -0.25) is 4.98 Å². The minimum atomic E-state index is -1.02. The van der Waals surface area contributed by atoms with Gasteiger partial charge in [-0.2, -0.15) is 0 Å². The third-order valence-electron chi connectivity index (χ3n) is 3.24. The zero-order valence-electron chi connectivity index (χ0n) is 10.6. The van der Waals surface area contributed by atoms with Gasteiger partial charge in [0.1, 0.15) is 5.82 Å². The van der Waals surface area contributed by atoms with E-state index in [0.29, 0.717) is 11.2 Å². The van der Waals surface area contributed by atoms with Crippen molar-refractivity contribution in [1.29, 1.82) is 0 Å². The molecule has 0 saturated heterocycles. The van der Waals surface area contributed by atoms with Crippen LogP contribution in [0.15, 0.2) is 36.5 Å². The minimum Gasteiger partial charge on any atom is -0.478 e. The van der Waals surface area contributed by atoms with Crippen molar-refractivity contribution in [2.75, 3.05) is 0 Å². The van der Waals surface area contributed by atoms with Crippen molar-refractivity contribution < 1.29 is 14.3 Å². The van der Waals surface area contributed by atoms with Crippen LogP contribution in [0, 0.1) is 12.7 Å². The van der Waals surface area contributed by atoms with Crippen LogP contribution in [0.1, 0.15) is 16.1 Å². The topological polar surface area (TPSA) is 66.0 Å². The number of aromatic carboxylic acids is 1. The maximum atomic E-state index is 13.7. The van der Waals surface area contributed by atoms with Crippen LogP contribution in [0.4, 0.5) is 4.39 Å². The number of rotatable bonds is 2. The Morgan fingerprint density at radius 1 is 1.30 bits per heavy atom. The fraction of sp³-hybridized carbons (Fsp3) is 0.0667. The van der Waals surface area contributed by atoms with Gasteiger partial charge in [0.05, 0.1) is 16.8 Å². The summed E-state index contributed by atoms with van der Waals surface area (Å²) < 4.78 is 13.7. The molecule has 3 aromatic rings. The summed E-state index contributed by atoms with van der Waals surface area (Å²) in [6.07, 6.45) is 1.30. The summed E-state index contributed by atoms with van der Waals surface area (Å²) in [6, 6.07) is 7.96. The Morgan fingerprint density at radius 3 is 2.75 bits per heavy atom. The van der Waals surface area contributed by atoms with E-state index < -0.39 is 5.97 Å². The van der Waals surface area contributed by atoms with Crippen LogP contribution in [0.3, 0.4) is 0 Å². The predicted octanol–water partition coefficient (Wildman–Crippen LogP) is 3.38. The minimum absolute atomic E-state index is 0.123. The van der Waals surface area contributed by atoms with Crippen LogP contribution < -0.4 is 0 Å². The standard InChI is InChI=1S/C15H11FN2O2/c1-8-13(10-3-2-4-11(16)14(10)18-8)12-6-5-9(7-17-12)15(19)20/h2-7,18H,1H3,(H,19,20). The molecule has 0 spiro atoms. The number of halogens is 1. The first-order valence-corrected chi connectivity index (χ1v) is 6.04. The second-order valence-electron chi connectivity index (χ2n) is 4.52. The average Bonchev–Trinajstić information content (AvgIpc) is 2.77. The summed E-state index contributed by atoms with van der Waals surface area (Å²) in [5, 5.41) is 9.61. The first kappa shape index (κ1) is 12.3. The van der Waals surface area contributed by atoms with E-state index in [2.05, 4.69) is 9.97 Å². The van der Waals surface area contributed by atoms with Crippen molar-refractivity contribution in [2.24, 2.45) is 0 Å². The summed E-state index contributed by atoms with van der Waals surface area (Å²) in [6.45, 7) is 1.83. The number of carboxylic acids is 1. The lowest BCUT2D eigenvalue weighted by Crippen LogP contribution is -1.97. The van der Waals surface area contributed by atoms with Crippen molar-refractivity contribution in [3.8, 4) is 11.3 Å². The van der Waals surface area contributed by atoms with Gasteiger partial charge in [-0.25, -0.2) is 9.18 Å². The monoisotopic (exact) mass is 270 g/mol. The van der Waals surface area contributed by atoms with E-state index in [1.54, 1.807) is 12.1 Å². The number of fused-ring (bicyclic) bond motifs is 1. The number of carbonyl (C=O) groups is 1. The van der Waals surface area contributed by atoms with E-state index in [1.807, 2.05) is 13.0 Å². The highest BCUT2D eigenvalue weighted by Crippen LogP contribution is 2.31. The number of hydrogen-bond acceptors (Lipinski definition) is 2. The number of pyridine rings is 1. The number of para-hydroxylation sites is 1. The Labute approximate surface area is 113 Å². The third-order valence-corrected chi connectivity index (χ3v) is 3.24. The molecule has 4 nitrogen and oxygen atoms in total. The molecule has 20 heavy (non-hydrogen) atoms. The van der Waals surface area contributed by atoms with Crippen molar-refractivity contribution in [3.05, 3.63) is 53.6 Å². The van der Waals surface area contributed by atoms with Gasteiger partial charge < -0.3 is 10.1 Å². The van der Waals surface area contributed by atoms with Gasteiger partial charge in [-0.1, -0.05) is 12.1 Å². The smallest absolute Gasteiger partial charge is 0.337 e. The van der Waals surface area contributed by atoms with Gasteiger partial charge in [0.2, 0.25) is 0 Å². The number of H-pyrrole nitrogens is 1. The molecule has 5 heteroatoms. The van der Waals surface area contributed by atoms with Crippen molar-refractivity contribution in [1.82, 2.24) is 9.97 Å². The molecule has 1 aromatic carbocycles. The lowest BCUT2D eigenvalue weighted by Gasteiger charge is -2.02. The largest absolute Gasteiger partial charge is 0.478 e. The summed E-state index contributed by atoms with van der Waals surface area (Å²) in [5.41, 5.74) is 2.75. The van der Waals surface area contributed by atoms with Gasteiger partial charge >= 0.3 is 5.97 Å². The molecule has 0 saturated carbocycles. The highest BCUT2D eigenvalue weighted by molar-refractivity contribution is 5.97. The number of nitrogens with zero attached hydrogens (tertiary/aromatic N) is 1. The molecular weight excluding hydrogens is 259 g/mol. The van der Waals surface area contributed by atoms with E-state index in [-0.39, 0.29) is 11.4 Å². The molecule has 3 rings (SSSR count). The summed E-state index contributed by atoms with van der Waals surface area (Å²) in [5.74, 6) is -1.34. The van der Waals surface area contributed by atoms with E-state index in [0.717, 1.165) is 16.6 Å². The average molecular weight is 270 g/mol. The van der Waals surface area contributed by atoms with Crippen LogP contribution >= 0.6 is 0 Å². The Kier molecular flexibility index (Phi) is 2.75. The molecule has 0 radical (unpaired) electrons. The Morgan fingerprint density at radius 2 is 2.10 bits per heavy atom. The third kappa shape index (κ3) is 1.84. The highest BCUT2D eigenvalue weighted by atomic mass is 19.1. The lowest BCUT2D eigenvalue weighted by atomic mass is 10.1. The number of carboxylic acid groups (broad SMARTS) is 1. The van der Waals surface area contributed by atoms with Crippen LogP contribution in [0.25, 0.3) is 22.2 Å². The van der Waals surface area contributed by atoms with E-state index in [1.165, 1.54) is 18.3 Å². The zero-order chi connectivity index (χ0) is 14.3. The summed E-state index contributed by atoms with van der Waals surface area (Å²) in [7, 11) is 0. The predicted molar refractivity (Wildman–Crippen MR) is 73.2 cm³/mol. The molecule has 0 amide bonds. The van der Waals surface area contributed by atoms with Gasteiger partial charge in [0.25, 0.3) is 0 Å². The molecule has 2 aromatic heterocycles. The second-order valence-corrected chi connectivity index (χ2v) is 4.52. The molecule has 100 valence electrons. The lowest BCUT2D eigenvalue weighted by molar-refractivity contribution is 0.0696. The molecule has 0 fully saturated rings. The maximum Gasteiger partial charge on any atom is 0.337 e. The van der Waals surface area contributed by atoms with Crippen molar-refractivity contribution in [2.45, 2.75) is 6.92 Å². The molecule has 0 aliphatic heterocycles.